The summed E-state index contributed by atoms with van der Waals surface area (Å²) in [6.45, 7) is 5.32. The van der Waals surface area contributed by atoms with Gasteiger partial charge in [-0.25, -0.2) is 0 Å². The number of hydrogen-bond donors (Lipinski definition) is 1. The second-order valence-corrected chi connectivity index (χ2v) is 6.68. The molecule has 0 bridgehead atoms. The Morgan fingerprint density at radius 3 is 2.89 bits per heavy atom. The molecule has 2 nitrogen and oxygen atoms in total. The highest BCUT2D eigenvalue weighted by Crippen LogP contribution is 2.34. The van der Waals surface area contributed by atoms with Crippen LogP contribution in [0.5, 0.6) is 0 Å². The quantitative estimate of drug-likeness (QED) is 0.886. The van der Waals surface area contributed by atoms with Gasteiger partial charge >= 0.3 is 0 Å². The molecule has 0 aromatic carbocycles. The molecule has 0 aliphatic heterocycles. The van der Waals surface area contributed by atoms with Crippen molar-refractivity contribution in [2.45, 2.75) is 26.3 Å². The summed E-state index contributed by atoms with van der Waals surface area (Å²) in [4.78, 5) is 5.56. The lowest BCUT2D eigenvalue weighted by molar-refractivity contribution is 0.604. The minimum atomic E-state index is 0.244. The molecule has 0 aliphatic carbocycles. The summed E-state index contributed by atoms with van der Waals surface area (Å²) >= 11 is 5.39. The van der Waals surface area contributed by atoms with Gasteiger partial charge in [-0.2, -0.15) is 0 Å². The standard InChI is InChI=1S/C14H17BrN2S/c1-3-6-17-13(11-5-4-7-16-9-11)12-8-10(2)14(15)18-12/h4-5,7-9,13,17H,3,6H2,1-2H3. The van der Waals surface area contributed by atoms with Gasteiger partial charge in [-0.1, -0.05) is 13.0 Å². The van der Waals surface area contributed by atoms with Crippen LogP contribution < -0.4 is 5.32 Å². The van der Waals surface area contributed by atoms with E-state index in [9.17, 15) is 0 Å². The Bertz CT molecular complexity index is 476. The summed E-state index contributed by atoms with van der Waals surface area (Å²) in [7, 11) is 0. The van der Waals surface area contributed by atoms with Crippen molar-refractivity contribution >= 4 is 27.3 Å². The third-order valence-corrected chi connectivity index (χ3v) is 4.98. The van der Waals surface area contributed by atoms with E-state index in [1.54, 1.807) is 11.3 Å². The molecule has 0 saturated heterocycles. The van der Waals surface area contributed by atoms with Gasteiger partial charge in [-0.15, -0.1) is 11.3 Å². The molecular formula is C14H17BrN2S. The van der Waals surface area contributed by atoms with E-state index in [0.717, 1.165) is 13.0 Å². The predicted molar refractivity (Wildman–Crippen MR) is 81.1 cm³/mol. The Hall–Kier alpha value is -0.710. The molecule has 0 spiro atoms. The van der Waals surface area contributed by atoms with Gasteiger partial charge in [0.25, 0.3) is 0 Å². The second-order valence-electron chi connectivity index (χ2n) is 4.28. The molecule has 1 atom stereocenters. The highest BCUT2D eigenvalue weighted by Gasteiger charge is 2.16. The molecule has 4 heteroatoms. The van der Waals surface area contributed by atoms with Gasteiger partial charge in [0.1, 0.15) is 0 Å². The average Bonchev–Trinajstić information content (AvgIpc) is 2.71. The molecule has 2 rings (SSSR count). The SMILES string of the molecule is CCCNC(c1cccnc1)c1cc(C)c(Br)s1. The normalized spacial score (nSPS) is 12.6. The molecule has 0 fully saturated rings. The summed E-state index contributed by atoms with van der Waals surface area (Å²) in [6.07, 6.45) is 4.88. The summed E-state index contributed by atoms with van der Waals surface area (Å²) in [5.41, 5.74) is 2.52. The zero-order valence-corrected chi connectivity index (χ0v) is 13.0. The first-order valence-corrected chi connectivity index (χ1v) is 7.72. The van der Waals surface area contributed by atoms with Crippen LogP contribution in [0.2, 0.25) is 0 Å². The second kappa shape index (κ2) is 6.45. The first-order valence-electron chi connectivity index (χ1n) is 6.11. The van der Waals surface area contributed by atoms with Crippen molar-refractivity contribution in [1.82, 2.24) is 10.3 Å². The highest BCUT2D eigenvalue weighted by molar-refractivity contribution is 9.11. The summed E-state index contributed by atoms with van der Waals surface area (Å²) < 4.78 is 1.21. The summed E-state index contributed by atoms with van der Waals surface area (Å²) in [6, 6.07) is 6.61. The smallest absolute Gasteiger partial charge is 0.0731 e. The maximum atomic E-state index is 4.22. The number of nitrogens with one attached hydrogen (secondary N) is 1. The van der Waals surface area contributed by atoms with Crippen molar-refractivity contribution in [2.75, 3.05) is 6.54 Å². The van der Waals surface area contributed by atoms with Crippen LogP contribution in [0.4, 0.5) is 0 Å². The topological polar surface area (TPSA) is 24.9 Å². The van der Waals surface area contributed by atoms with Crippen LogP contribution in [-0.4, -0.2) is 11.5 Å². The van der Waals surface area contributed by atoms with Gasteiger partial charge in [-0.05, 0) is 59.1 Å². The van der Waals surface area contributed by atoms with Gasteiger partial charge in [0.05, 0.1) is 9.83 Å². The fourth-order valence-corrected chi connectivity index (χ4v) is 3.52. The van der Waals surface area contributed by atoms with Gasteiger partial charge in [0.15, 0.2) is 0 Å². The lowest BCUT2D eigenvalue weighted by atomic mass is 10.1. The molecule has 2 aromatic rings. The van der Waals surface area contributed by atoms with Crippen molar-refractivity contribution in [1.29, 1.82) is 0 Å². The van der Waals surface area contributed by atoms with Crippen LogP contribution in [-0.2, 0) is 0 Å². The molecule has 1 unspecified atom stereocenters. The predicted octanol–water partition coefficient (Wildman–Crippen LogP) is 4.30. The number of aryl methyl sites for hydroxylation is 1. The van der Waals surface area contributed by atoms with E-state index < -0.39 is 0 Å². The van der Waals surface area contributed by atoms with E-state index in [4.69, 9.17) is 0 Å². The van der Waals surface area contributed by atoms with Crippen LogP contribution in [0.3, 0.4) is 0 Å². The summed E-state index contributed by atoms with van der Waals surface area (Å²) in [5.74, 6) is 0. The number of nitrogens with zero attached hydrogens (tertiary/aromatic N) is 1. The molecule has 0 aliphatic rings. The van der Waals surface area contributed by atoms with E-state index in [2.05, 4.69) is 52.2 Å². The molecule has 2 aromatic heterocycles. The Kier molecular flexibility index (Phi) is 4.92. The third-order valence-electron chi connectivity index (χ3n) is 2.78. The van der Waals surface area contributed by atoms with E-state index >= 15 is 0 Å². The molecule has 1 N–H and O–H groups in total. The van der Waals surface area contributed by atoms with Crippen LogP contribution in [0.25, 0.3) is 0 Å². The lowest BCUT2D eigenvalue weighted by Crippen LogP contribution is -2.22. The molecule has 96 valence electrons. The van der Waals surface area contributed by atoms with Crippen LogP contribution in [0.1, 0.15) is 35.4 Å². The van der Waals surface area contributed by atoms with E-state index in [-0.39, 0.29) is 6.04 Å². The Morgan fingerprint density at radius 1 is 1.50 bits per heavy atom. The van der Waals surface area contributed by atoms with Crippen LogP contribution >= 0.6 is 27.3 Å². The van der Waals surface area contributed by atoms with E-state index in [1.165, 1.54) is 19.8 Å². The van der Waals surface area contributed by atoms with Crippen LogP contribution in [0.15, 0.2) is 34.4 Å². The van der Waals surface area contributed by atoms with Gasteiger partial charge in [-0.3, -0.25) is 4.98 Å². The molecule has 0 amide bonds. The van der Waals surface area contributed by atoms with Crippen molar-refractivity contribution < 1.29 is 0 Å². The number of aromatic nitrogens is 1. The first kappa shape index (κ1) is 13.7. The van der Waals surface area contributed by atoms with Gasteiger partial charge < -0.3 is 5.32 Å². The van der Waals surface area contributed by atoms with Crippen molar-refractivity contribution in [3.05, 3.63) is 50.4 Å². The van der Waals surface area contributed by atoms with Gasteiger partial charge in [0.2, 0.25) is 0 Å². The van der Waals surface area contributed by atoms with Crippen molar-refractivity contribution in [3.8, 4) is 0 Å². The zero-order chi connectivity index (χ0) is 13.0. The fraction of sp³-hybridized carbons (Fsp3) is 0.357. The monoisotopic (exact) mass is 324 g/mol. The molecule has 2 heterocycles. The highest BCUT2D eigenvalue weighted by atomic mass is 79.9. The molecular weight excluding hydrogens is 308 g/mol. The largest absolute Gasteiger partial charge is 0.306 e. The Balaban J connectivity index is 2.30. The number of halogens is 1. The Morgan fingerprint density at radius 2 is 2.33 bits per heavy atom. The third kappa shape index (κ3) is 3.19. The zero-order valence-electron chi connectivity index (χ0n) is 10.6. The fourth-order valence-electron chi connectivity index (χ4n) is 1.84. The summed E-state index contributed by atoms with van der Waals surface area (Å²) in [5, 5.41) is 3.59. The number of hydrogen-bond acceptors (Lipinski definition) is 3. The van der Waals surface area contributed by atoms with Crippen LogP contribution in [0, 0.1) is 6.92 Å². The number of pyridine rings is 1. The average molecular weight is 325 g/mol. The van der Waals surface area contributed by atoms with Crippen molar-refractivity contribution in [3.63, 3.8) is 0 Å². The van der Waals surface area contributed by atoms with Gasteiger partial charge in [0, 0.05) is 17.3 Å². The maximum absolute atomic E-state index is 4.22. The Labute approximate surface area is 121 Å². The minimum absolute atomic E-state index is 0.244. The minimum Gasteiger partial charge on any atom is -0.306 e. The molecule has 0 saturated carbocycles. The number of thiophene rings is 1. The van der Waals surface area contributed by atoms with Crippen molar-refractivity contribution in [2.24, 2.45) is 0 Å². The molecule has 0 radical (unpaired) electrons. The lowest BCUT2D eigenvalue weighted by Gasteiger charge is -2.17. The number of rotatable bonds is 5. The first-order chi connectivity index (χ1) is 8.72. The van der Waals surface area contributed by atoms with E-state index in [0.29, 0.717) is 0 Å². The molecule has 18 heavy (non-hydrogen) atoms. The van der Waals surface area contributed by atoms with E-state index in [1.807, 2.05) is 18.5 Å². The maximum Gasteiger partial charge on any atom is 0.0731 e.